The van der Waals surface area contributed by atoms with E-state index in [1.165, 1.54) is 74.2 Å². The summed E-state index contributed by atoms with van der Waals surface area (Å²) >= 11 is 5.04. The molecule has 130 valence electrons. The molecule has 0 fully saturated rings. The molecule has 2 nitrogen and oxygen atoms in total. The van der Waals surface area contributed by atoms with Crippen LogP contribution in [0.1, 0.15) is 96.8 Å². The molecular weight excluding hydrogens is 502 g/mol. The van der Waals surface area contributed by atoms with Crippen molar-refractivity contribution in [2.45, 2.75) is 96.8 Å². The van der Waals surface area contributed by atoms with Crippen LogP contribution in [0.2, 0.25) is 0 Å². The van der Waals surface area contributed by atoms with Gasteiger partial charge in [-0.1, -0.05) is 58.3 Å². The van der Waals surface area contributed by atoms with Crippen LogP contribution in [0.25, 0.3) is 0 Å². The number of carboxylic acid groups (broad SMARTS) is 1. The Morgan fingerprint density at radius 2 is 1.05 bits per heavy atom. The fraction of sp³-hybridized carbons (Fsp3) is 0.833. The second kappa shape index (κ2) is 16.5. The lowest BCUT2D eigenvalue weighted by atomic mass is 10.1. The van der Waals surface area contributed by atoms with Crippen molar-refractivity contribution < 1.29 is 9.90 Å². The molecule has 0 heterocycles. The van der Waals surface area contributed by atoms with E-state index in [-0.39, 0.29) is 0 Å². The Balaban J connectivity index is 3.53. The van der Waals surface area contributed by atoms with E-state index >= 15 is 0 Å². The summed E-state index contributed by atoms with van der Waals surface area (Å²) < 4.78 is 3.09. The van der Waals surface area contributed by atoms with E-state index in [0.717, 1.165) is 12.8 Å². The molecule has 0 radical (unpaired) electrons. The quantitative estimate of drug-likeness (QED) is 0.173. The second-order valence-electron chi connectivity index (χ2n) is 5.99. The molecule has 22 heavy (non-hydrogen) atoms. The number of hydrogen-bond acceptors (Lipinski definition) is 1. The third-order valence-corrected chi connectivity index (χ3v) is 7.24. The lowest BCUT2D eigenvalue weighted by molar-refractivity contribution is -0.137. The lowest BCUT2D eigenvalue weighted by Crippen LogP contribution is -1.93. The highest BCUT2D eigenvalue weighted by atomic mass is 127. The summed E-state index contributed by atoms with van der Waals surface area (Å²) in [6, 6.07) is 0. The molecule has 0 aromatic carbocycles. The molecule has 0 spiro atoms. The van der Waals surface area contributed by atoms with Crippen LogP contribution in [0.4, 0.5) is 0 Å². The zero-order valence-corrected chi connectivity index (χ0v) is 18.3. The van der Waals surface area contributed by atoms with Gasteiger partial charge in [0.25, 0.3) is 0 Å². The van der Waals surface area contributed by atoms with E-state index in [1.54, 1.807) is 3.58 Å². The summed E-state index contributed by atoms with van der Waals surface area (Å²) in [5.41, 5.74) is 0. The van der Waals surface area contributed by atoms with E-state index in [9.17, 15) is 4.79 Å². The number of aliphatic carboxylic acids is 1. The Kier molecular flexibility index (Phi) is 17.0. The van der Waals surface area contributed by atoms with Crippen LogP contribution in [-0.4, -0.2) is 11.1 Å². The van der Waals surface area contributed by atoms with E-state index in [0.29, 0.717) is 6.42 Å². The van der Waals surface area contributed by atoms with Gasteiger partial charge in [0.15, 0.2) is 0 Å². The van der Waals surface area contributed by atoms with E-state index < -0.39 is 5.97 Å². The van der Waals surface area contributed by atoms with Crippen LogP contribution in [0.5, 0.6) is 0 Å². The molecule has 0 bridgehead atoms. The lowest BCUT2D eigenvalue weighted by Gasteiger charge is -2.06. The van der Waals surface area contributed by atoms with Crippen molar-refractivity contribution in [1.82, 2.24) is 0 Å². The van der Waals surface area contributed by atoms with Crippen LogP contribution in [0.3, 0.4) is 0 Å². The molecule has 0 rings (SSSR count). The molecule has 1 N–H and O–H groups in total. The topological polar surface area (TPSA) is 37.3 Å². The van der Waals surface area contributed by atoms with Crippen molar-refractivity contribution in [1.29, 1.82) is 0 Å². The molecule has 0 aliphatic carbocycles. The standard InChI is InChI=1S/C18H32I2O2/c1-2-3-4-5-7-10-13-16(19)17(20)14-11-8-6-9-12-15-18(21)22/h2-15H2,1H3,(H,21,22)/b17-16-. The largest absolute Gasteiger partial charge is 0.481 e. The van der Waals surface area contributed by atoms with Gasteiger partial charge >= 0.3 is 5.97 Å². The van der Waals surface area contributed by atoms with E-state index in [1.807, 2.05) is 0 Å². The predicted molar refractivity (Wildman–Crippen MR) is 113 cm³/mol. The Hall–Kier alpha value is 0.670. The summed E-state index contributed by atoms with van der Waals surface area (Å²) in [5.74, 6) is -0.665. The minimum absolute atomic E-state index is 0.327. The SMILES string of the molecule is CCCCCCCC/C(I)=C(/I)CCCCCCCC(=O)O. The Bertz CT molecular complexity index is 314. The Morgan fingerprint density at radius 3 is 1.45 bits per heavy atom. The van der Waals surface area contributed by atoms with Gasteiger partial charge in [-0.2, -0.15) is 0 Å². The van der Waals surface area contributed by atoms with Gasteiger partial charge in [0.05, 0.1) is 0 Å². The van der Waals surface area contributed by atoms with Gasteiger partial charge in [-0.25, -0.2) is 0 Å². The third kappa shape index (κ3) is 15.6. The normalized spacial score (nSPS) is 12.3. The summed E-state index contributed by atoms with van der Waals surface area (Å²) in [6.07, 6.45) is 16.5. The first kappa shape index (κ1) is 22.7. The van der Waals surface area contributed by atoms with Crippen LogP contribution in [0.15, 0.2) is 7.16 Å². The van der Waals surface area contributed by atoms with Crippen molar-refractivity contribution in [3.8, 4) is 0 Å². The number of hydrogen-bond donors (Lipinski definition) is 1. The predicted octanol–water partition coefficient (Wildman–Crippen LogP) is 7.63. The molecule has 0 aromatic heterocycles. The third-order valence-electron chi connectivity index (χ3n) is 3.83. The van der Waals surface area contributed by atoms with Crippen molar-refractivity contribution in [2.75, 3.05) is 0 Å². The first-order valence-electron chi connectivity index (χ1n) is 8.82. The number of halogens is 2. The molecule has 0 atom stereocenters. The molecule has 4 heteroatoms. The minimum atomic E-state index is -0.665. The number of carbonyl (C=O) groups is 1. The number of unbranched alkanes of at least 4 members (excludes halogenated alkanes) is 9. The molecule has 0 amide bonds. The van der Waals surface area contributed by atoms with Gasteiger partial charge in [0.1, 0.15) is 0 Å². The first-order chi connectivity index (χ1) is 10.6. The average molecular weight is 534 g/mol. The fourth-order valence-electron chi connectivity index (χ4n) is 2.42. The van der Waals surface area contributed by atoms with Crippen LogP contribution < -0.4 is 0 Å². The van der Waals surface area contributed by atoms with E-state index in [4.69, 9.17) is 5.11 Å². The van der Waals surface area contributed by atoms with Gasteiger partial charge in [0, 0.05) is 6.42 Å². The first-order valence-corrected chi connectivity index (χ1v) is 11.0. The fourth-order valence-corrected chi connectivity index (χ4v) is 3.72. The zero-order valence-electron chi connectivity index (χ0n) is 14.0. The smallest absolute Gasteiger partial charge is 0.303 e. The molecule has 0 saturated carbocycles. The average Bonchev–Trinajstić information content (AvgIpc) is 2.49. The highest BCUT2D eigenvalue weighted by molar-refractivity contribution is 14.1. The summed E-state index contributed by atoms with van der Waals surface area (Å²) in [7, 11) is 0. The van der Waals surface area contributed by atoms with Gasteiger partial charge < -0.3 is 5.11 Å². The molecule has 0 unspecified atom stereocenters. The van der Waals surface area contributed by atoms with Crippen LogP contribution in [0, 0.1) is 0 Å². The van der Waals surface area contributed by atoms with Crippen molar-refractivity contribution >= 4 is 51.2 Å². The maximum absolute atomic E-state index is 10.4. The van der Waals surface area contributed by atoms with Gasteiger partial charge in [-0.05, 0) is 84.4 Å². The van der Waals surface area contributed by atoms with Gasteiger partial charge in [-0.15, -0.1) is 0 Å². The molecule has 0 aliphatic rings. The zero-order chi connectivity index (χ0) is 16.6. The number of rotatable bonds is 15. The summed E-state index contributed by atoms with van der Waals surface area (Å²) in [5, 5.41) is 8.57. The summed E-state index contributed by atoms with van der Waals surface area (Å²) in [6.45, 7) is 2.26. The number of allylic oxidation sites excluding steroid dienone is 2. The van der Waals surface area contributed by atoms with Crippen molar-refractivity contribution in [3.05, 3.63) is 7.16 Å². The Labute approximate surface area is 164 Å². The molecule has 0 aliphatic heterocycles. The molecule has 0 aromatic rings. The van der Waals surface area contributed by atoms with Crippen molar-refractivity contribution in [2.24, 2.45) is 0 Å². The van der Waals surface area contributed by atoms with Gasteiger partial charge in [0.2, 0.25) is 0 Å². The molecule has 0 saturated heterocycles. The second-order valence-corrected chi connectivity index (χ2v) is 8.59. The van der Waals surface area contributed by atoms with Crippen LogP contribution >= 0.6 is 45.2 Å². The monoisotopic (exact) mass is 534 g/mol. The number of carboxylic acids is 1. The molecular formula is C18H32I2O2. The maximum atomic E-state index is 10.4. The maximum Gasteiger partial charge on any atom is 0.303 e. The van der Waals surface area contributed by atoms with Crippen LogP contribution in [-0.2, 0) is 4.79 Å². The van der Waals surface area contributed by atoms with E-state index in [2.05, 4.69) is 52.1 Å². The van der Waals surface area contributed by atoms with Gasteiger partial charge in [-0.3, -0.25) is 4.79 Å². The highest BCUT2D eigenvalue weighted by Gasteiger charge is 2.02. The summed E-state index contributed by atoms with van der Waals surface area (Å²) in [4.78, 5) is 10.4. The Morgan fingerprint density at radius 1 is 0.682 bits per heavy atom. The van der Waals surface area contributed by atoms with Crippen molar-refractivity contribution in [3.63, 3.8) is 0 Å². The highest BCUT2D eigenvalue weighted by Crippen LogP contribution is 2.29. The minimum Gasteiger partial charge on any atom is -0.481 e.